The maximum absolute atomic E-state index is 12.4. The highest BCUT2D eigenvalue weighted by Gasteiger charge is 2.24. The summed E-state index contributed by atoms with van der Waals surface area (Å²) in [6.07, 6.45) is 48.3. The van der Waals surface area contributed by atoms with Crippen molar-refractivity contribution in [1.82, 2.24) is 5.32 Å². The monoisotopic (exact) mass is 657 g/mol. The molecule has 0 aliphatic heterocycles. The van der Waals surface area contributed by atoms with Crippen LogP contribution in [0.15, 0.2) is 97.2 Å². The van der Waals surface area contributed by atoms with Crippen LogP contribution in [0.5, 0.6) is 0 Å². The maximum Gasteiger partial charge on any atom is 0.267 e. The van der Waals surface area contributed by atoms with Crippen molar-refractivity contribution in [3.63, 3.8) is 0 Å². The molecule has 1 amide bonds. The molecule has 0 radical (unpaired) electrons. The summed E-state index contributed by atoms with van der Waals surface area (Å²) in [7, 11) is -4.38. The second kappa shape index (κ2) is 32.2. The zero-order valence-electron chi connectivity index (χ0n) is 28.6. The molecule has 260 valence electrons. The number of aliphatic hydroxyl groups is 1. The van der Waals surface area contributed by atoms with Gasteiger partial charge in [-0.05, 0) is 70.6 Å². The molecule has 0 aromatic rings. The molecule has 6 nitrogen and oxygen atoms in total. The summed E-state index contributed by atoms with van der Waals surface area (Å²) in [5.74, 6) is -1.12. The van der Waals surface area contributed by atoms with Gasteiger partial charge in [0.15, 0.2) is 0 Å². The van der Waals surface area contributed by atoms with Crippen LogP contribution in [-0.2, 0) is 14.9 Å². The van der Waals surface area contributed by atoms with E-state index >= 15 is 0 Å². The number of carbonyl (C=O) groups is 1. The number of carbonyl (C=O) groups excluding carboxylic acids is 1. The van der Waals surface area contributed by atoms with Gasteiger partial charge in [0, 0.05) is 6.42 Å². The van der Waals surface area contributed by atoms with Crippen LogP contribution in [0.4, 0.5) is 0 Å². The van der Waals surface area contributed by atoms with Gasteiger partial charge >= 0.3 is 0 Å². The summed E-state index contributed by atoms with van der Waals surface area (Å²) in [4.78, 5) is 12.4. The smallest absolute Gasteiger partial charge is 0.267 e. The lowest BCUT2D eigenvalue weighted by Gasteiger charge is -2.20. The van der Waals surface area contributed by atoms with Crippen LogP contribution in [0.2, 0.25) is 0 Å². The first-order valence-corrected chi connectivity index (χ1v) is 19.0. The summed E-state index contributed by atoms with van der Waals surface area (Å²) in [6, 6.07) is -1.12. The van der Waals surface area contributed by atoms with Crippen molar-refractivity contribution in [1.29, 1.82) is 0 Å². The molecular formula is C39H63NO5S. The fourth-order valence-electron chi connectivity index (χ4n) is 4.43. The van der Waals surface area contributed by atoms with Gasteiger partial charge in [-0.2, -0.15) is 8.42 Å². The molecule has 2 atom stereocenters. The minimum atomic E-state index is -4.38. The molecule has 0 aromatic carbocycles. The Morgan fingerprint density at radius 2 is 1.07 bits per heavy atom. The topological polar surface area (TPSA) is 104 Å². The van der Waals surface area contributed by atoms with Crippen molar-refractivity contribution in [2.75, 3.05) is 5.75 Å². The van der Waals surface area contributed by atoms with Crippen LogP contribution < -0.4 is 5.32 Å². The predicted molar refractivity (Wildman–Crippen MR) is 197 cm³/mol. The van der Waals surface area contributed by atoms with E-state index < -0.39 is 28.0 Å². The average Bonchev–Trinajstić information content (AvgIpc) is 3.01. The number of aliphatic hydroxyl groups excluding tert-OH is 1. The lowest BCUT2D eigenvalue weighted by molar-refractivity contribution is -0.122. The van der Waals surface area contributed by atoms with E-state index in [4.69, 9.17) is 0 Å². The van der Waals surface area contributed by atoms with E-state index in [0.717, 1.165) is 51.4 Å². The summed E-state index contributed by atoms with van der Waals surface area (Å²) in [6.45, 7) is 4.36. The fourth-order valence-corrected chi connectivity index (χ4v) is 5.16. The van der Waals surface area contributed by atoms with E-state index in [1.165, 1.54) is 44.6 Å². The molecule has 0 aliphatic carbocycles. The molecule has 0 heterocycles. The average molecular weight is 658 g/mol. The van der Waals surface area contributed by atoms with Gasteiger partial charge in [0.1, 0.15) is 0 Å². The summed E-state index contributed by atoms with van der Waals surface area (Å²) in [5, 5.41) is 13.1. The number of rotatable bonds is 29. The third-order valence-corrected chi connectivity index (χ3v) is 7.79. The molecule has 0 fully saturated rings. The normalized spacial score (nSPS) is 14.6. The lowest BCUT2D eigenvalue weighted by atomic mass is 10.1. The standard InChI is InChI=1S/C39H63NO5S/c1-3-5-7-9-11-13-15-17-18-19-20-21-22-23-25-27-29-31-33-35-39(42)40-37(36-46(43,44)45)38(41)34-32-30-28-26-24-16-14-12-10-8-6-4-2/h5,7,11,13,17-18,20-21,23-26,29,31-32,34,37-38,41H,3-4,6,8-10,12,14-16,19,22,27-28,30,33,35-36H2,1-2H3,(H,40,42)(H,43,44,45)/b7-5-,13-11-,18-17-,21-20-,25-23-,26-24+,31-29-,34-32+. The highest BCUT2D eigenvalue weighted by atomic mass is 32.2. The third-order valence-electron chi connectivity index (χ3n) is 7.01. The van der Waals surface area contributed by atoms with E-state index in [1.54, 1.807) is 6.08 Å². The van der Waals surface area contributed by atoms with Crippen molar-refractivity contribution >= 4 is 16.0 Å². The van der Waals surface area contributed by atoms with Crippen LogP contribution in [-0.4, -0.2) is 41.9 Å². The summed E-state index contributed by atoms with van der Waals surface area (Å²) >= 11 is 0. The predicted octanol–water partition coefficient (Wildman–Crippen LogP) is 9.84. The van der Waals surface area contributed by atoms with Gasteiger partial charge in [0.25, 0.3) is 10.1 Å². The van der Waals surface area contributed by atoms with Gasteiger partial charge in [-0.1, -0.05) is 143 Å². The molecule has 0 aliphatic rings. The van der Waals surface area contributed by atoms with Crippen molar-refractivity contribution in [2.45, 2.75) is 135 Å². The van der Waals surface area contributed by atoms with Crippen LogP contribution in [0, 0.1) is 0 Å². The van der Waals surface area contributed by atoms with E-state index in [9.17, 15) is 22.9 Å². The fraction of sp³-hybridized carbons (Fsp3) is 0.564. The lowest BCUT2D eigenvalue weighted by Crippen LogP contribution is -2.46. The number of unbranched alkanes of at least 4 members (excludes halogenated alkanes) is 7. The molecule has 0 saturated carbocycles. The van der Waals surface area contributed by atoms with Crippen molar-refractivity contribution < 1.29 is 22.9 Å². The van der Waals surface area contributed by atoms with Crippen molar-refractivity contribution in [3.8, 4) is 0 Å². The Morgan fingerprint density at radius 1 is 0.609 bits per heavy atom. The number of hydrogen-bond acceptors (Lipinski definition) is 4. The maximum atomic E-state index is 12.4. The first kappa shape index (κ1) is 43.3. The van der Waals surface area contributed by atoms with Crippen LogP contribution in [0.1, 0.15) is 123 Å². The second-order valence-corrected chi connectivity index (χ2v) is 12.9. The Kier molecular flexibility index (Phi) is 30.3. The number of allylic oxidation sites excluding steroid dienone is 15. The van der Waals surface area contributed by atoms with Crippen molar-refractivity contribution in [2.24, 2.45) is 0 Å². The number of amides is 1. The van der Waals surface area contributed by atoms with E-state index in [-0.39, 0.29) is 12.3 Å². The van der Waals surface area contributed by atoms with Crippen LogP contribution in [0.3, 0.4) is 0 Å². The number of hydrogen-bond donors (Lipinski definition) is 3. The molecule has 46 heavy (non-hydrogen) atoms. The van der Waals surface area contributed by atoms with Crippen LogP contribution in [0.25, 0.3) is 0 Å². The molecule has 0 bridgehead atoms. The van der Waals surface area contributed by atoms with Crippen molar-refractivity contribution in [3.05, 3.63) is 97.2 Å². The Hall–Kier alpha value is -2.74. The zero-order chi connectivity index (χ0) is 34.0. The molecule has 2 unspecified atom stereocenters. The Bertz CT molecular complexity index is 1080. The molecule has 0 saturated heterocycles. The minimum Gasteiger partial charge on any atom is -0.387 e. The van der Waals surface area contributed by atoms with E-state index in [2.05, 4.69) is 92.1 Å². The van der Waals surface area contributed by atoms with Gasteiger partial charge < -0.3 is 10.4 Å². The quantitative estimate of drug-likeness (QED) is 0.0422. The highest BCUT2D eigenvalue weighted by Crippen LogP contribution is 2.08. The van der Waals surface area contributed by atoms with Gasteiger partial charge in [0.05, 0.1) is 17.9 Å². The molecule has 0 aromatic heterocycles. The van der Waals surface area contributed by atoms with Crippen LogP contribution >= 0.6 is 0 Å². The Balaban J connectivity index is 4.24. The highest BCUT2D eigenvalue weighted by molar-refractivity contribution is 7.85. The zero-order valence-corrected chi connectivity index (χ0v) is 29.5. The first-order valence-electron chi connectivity index (χ1n) is 17.4. The van der Waals surface area contributed by atoms with E-state index in [1.807, 2.05) is 12.2 Å². The van der Waals surface area contributed by atoms with E-state index in [0.29, 0.717) is 12.8 Å². The largest absolute Gasteiger partial charge is 0.387 e. The second-order valence-electron chi connectivity index (χ2n) is 11.4. The molecule has 0 rings (SSSR count). The molecule has 7 heteroatoms. The van der Waals surface area contributed by atoms with Gasteiger partial charge in [-0.3, -0.25) is 9.35 Å². The Morgan fingerprint density at radius 3 is 1.61 bits per heavy atom. The Labute approximate surface area is 281 Å². The van der Waals surface area contributed by atoms with Gasteiger partial charge in [0.2, 0.25) is 5.91 Å². The summed E-state index contributed by atoms with van der Waals surface area (Å²) in [5.41, 5.74) is 0. The van der Waals surface area contributed by atoms with Gasteiger partial charge in [-0.25, -0.2) is 0 Å². The molecule has 0 spiro atoms. The van der Waals surface area contributed by atoms with Gasteiger partial charge in [-0.15, -0.1) is 0 Å². The summed E-state index contributed by atoms with van der Waals surface area (Å²) < 4.78 is 32.3. The molecular weight excluding hydrogens is 594 g/mol. The molecule has 3 N–H and O–H groups in total. The number of nitrogens with one attached hydrogen (secondary N) is 1. The minimum absolute atomic E-state index is 0.157. The first-order chi connectivity index (χ1) is 22.3. The SMILES string of the molecule is CC/C=C\C/C=C\C/C=C\C/C=C\C/C=C\C/C=C\CCC(=O)NC(CS(=O)(=O)O)C(O)/C=C/CC/C=C/CCCCCCCC. The third kappa shape index (κ3) is 32.6.